The van der Waals surface area contributed by atoms with Crippen LogP contribution < -0.4 is 19.1 Å². The quantitative estimate of drug-likeness (QED) is 0.712. The molecule has 1 aliphatic heterocycles. The lowest BCUT2D eigenvalue weighted by Crippen LogP contribution is -2.41. The van der Waals surface area contributed by atoms with E-state index in [0.717, 1.165) is 5.56 Å². The molecule has 1 N–H and O–H groups in total. The van der Waals surface area contributed by atoms with E-state index in [9.17, 15) is 13.2 Å². The van der Waals surface area contributed by atoms with Gasteiger partial charge >= 0.3 is 0 Å². The van der Waals surface area contributed by atoms with Gasteiger partial charge in [0, 0.05) is 13.0 Å². The second-order valence-corrected chi connectivity index (χ2v) is 8.93. The van der Waals surface area contributed by atoms with Crippen LogP contribution in [-0.4, -0.2) is 46.4 Å². The number of carbonyl (C=O) groups is 1. The summed E-state index contributed by atoms with van der Waals surface area (Å²) in [5, 5.41) is 2.83. The Hall–Kier alpha value is -2.74. The Bertz CT molecular complexity index is 961. The van der Waals surface area contributed by atoms with Gasteiger partial charge in [0.1, 0.15) is 12.7 Å². The number of ether oxygens (including phenoxy) is 2. The highest BCUT2D eigenvalue weighted by Gasteiger charge is 2.22. The number of sulfonamides is 1. The molecule has 0 spiro atoms. The average molecular weight is 419 g/mol. The number of para-hydroxylation sites is 3. The van der Waals surface area contributed by atoms with Crippen molar-refractivity contribution in [2.45, 2.75) is 25.9 Å². The van der Waals surface area contributed by atoms with Crippen molar-refractivity contribution in [2.24, 2.45) is 0 Å². The lowest BCUT2D eigenvalue weighted by atomic mass is 10.2. The molecule has 0 aromatic heterocycles. The highest BCUT2D eigenvalue weighted by atomic mass is 32.2. The average Bonchev–Trinajstić information content (AvgIpc) is 2.69. The number of amides is 1. The fourth-order valence-corrected chi connectivity index (χ4v) is 4.19. The van der Waals surface area contributed by atoms with Crippen molar-refractivity contribution < 1.29 is 22.7 Å². The number of benzene rings is 2. The third-order valence-corrected chi connectivity index (χ3v) is 5.82. The Morgan fingerprint density at radius 3 is 2.55 bits per heavy atom. The minimum Gasteiger partial charge on any atom is -0.486 e. The molecule has 1 amide bonds. The van der Waals surface area contributed by atoms with Crippen molar-refractivity contribution in [3.05, 3.63) is 54.1 Å². The molecule has 0 saturated carbocycles. The number of nitrogens with zero attached hydrogens (tertiary/aromatic N) is 1. The number of hydrogen-bond donors (Lipinski definition) is 1. The van der Waals surface area contributed by atoms with Gasteiger partial charge in [-0.3, -0.25) is 9.10 Å². The summed E-state index contributed by atoms with van der Waals surface area (Å²) in [7, 11) is -3.43. The van der Waals surface area contributed by atoms with E-state index in [1.54, 1.807) is 12.1 Å². The Morgan fingerprint density at radius 2 is 1.83 bits per heavy atom. The van der Waals surface area contributed by atoms with Gasteiger partial charge in [0.15, 0.2) is 11.5 Å². The minimum absolute atomic E-state index is 0.148. The predicted octanol–water partition coefficient (Wildman–Crippen LogP) is 2.50. The SMILES string of the molecule is Cc1ccccc1N(CCCC(=O)NC[C@@H]1COc2ccccc2O1)S(C)(=O)=O. The fraction of sp³-hybridized carbons (Fsp3) is 0.381. The second kappa shape index (κ2) is 9.17. The maximum absolute atomic E-state index is 12.2. The van der Waals surface area contributed by atoms with Crippen molar-refractivity contribution in [3.63, 3.8) is 0 Å². The number of fused-ring (bicyclic) bond motifs is 1. The highest BCUT2D eigenvalue weighted by Crippen LogP contribution is 2.30. The summed E-state index contributed by atoms with van der Waals surface area (Å²) in [6, 6.07) is 14.7. The Morgan fingerprint density at radius 1 is 1.14 bits per heavy atom. The minimum atomic E-state index is -3.43. The number of carbonyl (C=O) groups excluding carboxylic acids is 1. The number of anilines is 1. The van der Waals surface area contributed by atoms with Crippen LogP contribution in [0.3, 0.4) is 0 Å². The Labute approximate surface area is 171 Å². The summed E-state index contributed by atoms with van der Waals surface area (Å²) >= 11 is 0. The van der Waals surface area contributed by atoms with E-state index in [1.807, 2.05) is 43.3 Å². The number of rotatable bonds is 8. The van der Waals surface area contributed by atoms with Crippen molar-refractivity contribution in [1.29, 1.82) is 0 Å². The second-order valence-electron chi connectivity index (χ2n) is 7.03. The molecule has 7 nitrogen and oxygen atoms in total. The van der Waals surface area contributed by atoms with E-state index in [-0.39, 0.29) is 25.0 Å². The van der Waals surface area contributed by atoms with Gasteiger partial charge in [-0.25, -0.2) is 8.42 Å². The first-order chi connectivity index (χ1) is 13.8. The number of nitrogens with one attached hydrogen (secondary N) is 1. The maximum Gasteiger partial charge on any atom is 0.232 e. The van der Waals surface area contributed by atoms with E-state index in [4.69, 9.17) is 9.47 Å². The van der Waals surface area contributed by atoms with E-state index in [1.165, 1.54) is 10.6 Å². The molecule has 3 rings (SSSR count). The molecule has 1 aliphatic rings. The van der Waals surface area contributed by atoms with Gasteiger partial charge in [-0.05, 0) is 37.1 Å². The first kappa shape index (κ1) is 21.0. The standard InChI is InChI=1S/C21H26N2O5S/c1-16-8-3-4-9-18(16)23(29(2,25)26)13-7-12-21(24)22-14-17-15-27-19-10-5-6-11-20(19)28-17/h3-6,8-11,17H,7,12-15H2,1-2H3,(H,22,24)/t17-/m1/s1. The predicted molar refractivity (Wildman–Crippen MR) is 112 cm³/mol. The van der Waals surface area contributed by atoms with E-state index in [0.29, 0.717) is 36.8 Å². The van der Waals surface area contributed by atoms with Gasteiger partial charge in [-0.15, -0.1) is 0 Å². The summed E-state index contributed by atoms with van der Waals surface area (Å²) in [5.41, 5.74) is 1.51. The van der Waals surface area contributed by atoms with Crippen LogP contribution in [0.5, 0.6) is 11.5 Å². The summed E-state index contributed by atoms with van der Waals surface area (Å²) in [4.78, 5) is 12.2. The number of aryl methyl sites for hydroxylation is 1. The molecule has 0 fully saturated rings. The lowest BCUT2D eigenvalue weighted by Gasteiger charge is -2.26. The van der Waals surface area contributed by atoms with E-state index in [2.05, 4.69) is 5.32 Å². The van der Waals surface area contributed by atoms with Gasteiger partial charge in [0.25, 0.3) is 0 Å². The van der Waals surface area contributed by atoms with Crippen molar-refractivity contribution >= 4 is 21.6 Å². The summed E-state index contributed by atoms with van der Waals surface area (Å²) < 4.78 is 37.2. The first-order valence-corrected chi connectivity index (χ1v) is 11.4. The molecule has 0 radical (unpaired) electrons. The molecule has 0 aliphatic carbocycles. The molecule has 156 valence electrons. The maximum atomic E-state index is 12.2. The van der Waals surface area contributed by atoms with Crippen LogP contribution in [0.15, 0.2) is 48.5 Å². The van der Waals surface area contributed by atoms with Crippen molar-refractivity contribution in [3.8, 4) is 11.5 Å². The zero-order chi connectivity index (χ0) is 20.9. The molecule has 0 bridgehead atoms. The van der Waals surface area contributed by atoms with Crippen LogP contribution in [0.2, 0.25) is 0 Å². The van der Waals surface area contributed by atoms with Crippen LogP contribution in [0.25, 0.3) is 0 Å². The van der Waals surface area contributed by atoms with Gasteiger partial charge < -0.3 is 14.8 Å². The lowest BCUT2D eigenvalue weighted by molar-refractivity contribution is -0.121. The fourth-order valence-electron chi connectivity index (χ4n) is 3.17. The van der Waals surface area contributed by atoms with Crippen LogP contribution in [-0.2, 0) is 14.8 Å². The Balaban J connectivity index is 1.47. The summed E-state index contributed by atoms with van der Waals surface area (Å²) in [5.74, 6) is 1.22. The van der Waals surface area contributed by atoms with Crippen LogP contribution in [0.1, 0.15) is 18.4 Å². The molecule has 8 heteroatoms. The molecule has 0 saturated heterocycles. The molecule has 0 unspecified atom stereocenters. The smallest absolute Gasteiger partial charge is 0.232 e. The van der Waals surface area contributed by atoms with Crippen LogP contribution in [0.4, 0.5) is 5.69 Å². The third-order valence-electron chi connectivity index (χ3n) is 4.64. The van der Waals surface area contributed by atoms with Gasteiger partial charge in [-0.1, -0.05) is 30.3 Å². The molecule has 1 heterocycles. The van der Waals surface area contributed by atoms with Crippen LogP contribution in [0, 0.1) is 6.92 Å². The monoisotopic (exact) mass is 418 g/mol. The normalized spacial score (nSPS) is 15.6. The zero-order valence-electron chi connectivity index (χ0n) is 16.6. The molecular weight excluding hydrogens is 392 g/mol. The van der Waals surface area contributed by atoms with E-state index >= 15 is 0 Å². The molecule has 2 aromatic rings. The zero-order valence-corrected chi connectivity index (χ0v) is 17.4. The van der Waals surface area contributed by atoms with Crippen LogP contribution >= 0.6 is 0 Å². The van der Waals surface area contributed by atoms with E-state index < -0.39 is 10.0 Å². The van der Waals surface area contributed by atoms with Gasteiger partial charge in [-0.2, -0.15) is 0 Å². The highest BCUT2D eigenvalue weighted by molar-refractivity contribution is 7.92. The molecule has 1 atom stereocenters. The topological polar surface area (TPSA) is 84.9 Å². The van der Waals surface area contributed by atoms with Gasteiger partial charge in [0.2, 0.25) is 15.9 Å². The number of hydrogen-bond acceptors (Lipinski definition) is 5. The molecule has 29 heavy (non-hydrogen) atoms. The van der Waals surface area contributed by atoms with Gasteiger partial charge in [0.05, 0.1) is 18.5 Å². The molecular formula is C21H26N2O5S. The Kier molecular flexibility index (Phi) is 6.64. The summed E-state index contributed by atoms with van der Waals surface area (Å²) in [6.07, 6.45) is 1.56. The largest absolute Gasteiger partial charge is 0.486 e. The molecule has 2 aromatic carbocycles. The van der Waals surface area contributed by atoms with Crippen molar-refractivity contribution in [2.75, 3.05) is 30.3 Å². The first-order valence-electron chi connectivity index (χ1n) is 9.53. The summed E-state index contributed by atoms with van der Waals surface area (Å²) in [6.45, 7) is 2.81. The van der Waals surface area contributed by atoms with Crippen molar-refractivity contribution in [1.82, 2.24) is 5.32 Å². The third kappa shape index (κ3) is 5.63.